The van der Waals surface area contributed by atoms with E-state index in [1.54, 1.807) is 6.08 Å². The van der Waals surface area contributed by atoms with Gasteiger partial charge < -0.3 is 19.8 Å². The highest BCUT2D eigenvalue weighted by Gasteiger charge is 2.27. The van der Waals surface area contributed by atoms with Crippen LogP contribution in [0.2, 0.25) is 0 Å². The van der Waals surface area contributed by atoms with Gasteiger partial charge in [0.15, 0.2) is 0 Å². The van der Waals surface area contributed by atoms with E-state index in [0.29, 0.717) is 17.4 Å². The summed E-state index contributed by atoms with van der Waals surface area (Å²) in [5.74, 6) is -0.191. The lowest BCUT2D eigenvalue weighted by molar-refractivity contribution is -0.870. The number of hydrogen-bond donors (Lipinski definition) is 3. The van der Waals surface area contributed by atoms with E-state index in [2.05, 4.69) is 67.8 Å². The van der Waals surface area contributed by atoms with Gasteiger partial charge in [-0.05, 0) is 70.6 Å². The van der Waals surface area contributed by atoms with Crippen LogP contribution in [0, 0.1) is 0 Å². The molecule has 3 atom stereocenters. The smallest absolute Gasteiger partial charge is 0.387 e. The number of hydrogen-bond acceptors (Lipinski definition) is 5. The van der Waals surface area contributed by atoms with Crippen molar-refractivity contribution in [3.63, 3.8) is 0 Å². The molecule has 3 unspecified atom stereocenters. The van der Waals surface area contributed by atoms with Crippen molar-refractivity contribution in [1.82, 2.24) is 5.32 Å². The molecule has 0 spiro atoms. The molecule has 0 saturated heterocycles. The van der Waals surface area contributed by atoms with Gasteiger partial charge in [0.1, 0.15) is 13.2 Å². The Labute approximate surface area is 383 Å². The molecule has 0 aliphatic heterocycles. The summed E-state index contributed by atoms with van der Waals surface area (Å²) >= 11 is 0. The Hall–Kier alpha value is -1.80. The first-order valence-corrected chi connectivity index (χ1v) is 27.2. The van der Waals surface area contributed by atoms with E-state index in [0.717, 1.165) is 51.4 Å². The predicted molar refractivity (Wildman–Crippen MR) is 267 cm³/mol. The molecule has 0 fully saturated rings. The highest BCUT2D eigenvalue weighted by atomic mass is 31.2. The zero-order valence-corrected chi connectivity index (χ0v) is 42.0. The topological polar surface area (TPSA) is 105 Å². The molecule has 0 radical (unpaired) electrons. The minimum Gasteiger partial charge on any atom is -0.387 e. The molecule has 0 aromatic carbocycles. The second-order valence-electron chi connectivity index (χ2n) is 18.5. The Morgan fingerprint density at radius 2 is 0.935 bits per heavy atom. The van der Waals surface area contributed by atoms with E-state index in [4.69, 9.17) is 9.05 Å². The zero-order chi connectivity index (χ0) is 45.7. The molecule has 62 heavy (non-hydrogen) atoms. The van der Waals surface area contributed by atoms with Crippen LogP contribution in [0.15, 0.2) is 60.8 Å². The van der Waals surface area contributed by atoms with Gasteiger partial charge in [-0.1, -0.05) is 203 Å². The largest absolute Gasteiger partial charge is 0.472 e. The highest BCUT2D eigenvalue weighted by molar-refractivity contribution is 7.47. The van der Waals surface area contributed by atoms with Gasteiger partial charge in [-0.25, -0.2) is 4.57 Å². The van der Waals surface area contributed by atoms with Crippen LogP contribution in [0.3, 0.4) is 0 Å². The lowest BCUT2D eigenvalue weighted by Gasteiger charge is -2.25. The van der Waals surface area contributed by atoms with Crippen LogP contribution in [-0.4, -0.2) is 73.4 Å². The number of nitrogens with zero attached hydrogens (tertiary/aromatic N) is 1. The lowest BCUT2D eigenvalue weighted by atomic mass is 10.0. The summed E-state index contributed by atoms with van der Waals surface area (Å²) in [7, 11) is 1.55. The normalized spacial score (nSPS) is 14.6. The van der Waals surface area contributed by atoms with E-state index < -0.39 is 20.0 Å². The molecule has 8 nitrogen and oxygen atoms in total. The number of unbranched alkanes of at least 4 members (excludes halogenated alkanes) is 25. The highest BCUT2D eigenvalue weighted by Crippen LogP contribution is 2.43. The van der Waals surface area contributed by atoms with Crippen LogP contribution in [-0.2, 0) is 18.4 Å². The van der Waals surface area contributed by atoms with E-state index in [1.165, 1.54) is 148 Å². The minimum absolute atomic E-state index is 0.0540. The Morgan fingerprint density at radius 3 is 1.40 bits per heavy atom. The Bertz CT molecular complexity index is 1190. The number of aliphatic hydroxyl groups excluding tert-OH is 1. The number of quaternary nitrogens is 1. The van der Waals surface area contributed by atoms with Gasteiger partial charge in [0.25, 0.3) is 0 Å². The molecule has 0 aliphatic rings. The predicted octanol–water partition coefficient (Wildman–Crippen LogP) is 15.0. The Kier molecular flexibility index (Phi) is 43.1. The molecule has 0 bridgehead atoms. The number of carbonyl (C=O) groups is 1. The number of carbonyl (C=O) groups excluding carboxylic acids is 1. The van der Waals surface area contributed by atoms with Crippen molar-refractivity contribution in [3.05, 3.63) is 60.8 Å². The maximum absolute atomic E-state index is 12.9. The van der Waals surface area contributed by atoms with E-state index >= 15 is 0 Å². The first kappa shape index (κ1) is 60.2. The van der Waals surface area contributed by atoms with Crippen LogP contribution in [0.25, 0.3) is 0 Å². The fourth-order valence-corrected chi connectivity index (χ4v) is 7.86. The summed E-state index contributed by atoms with van der Waals surface area (Å²) in [6.07, 6.45) is 58.8. The first-order valence-electron chi connectivity index (χ1n) is 25.7. The van der Waals surface area contributed by atoms with Gasteiger partial charge in [-0.15, -0.1) is 0 Å². The Balaban J connectivity index is 4.23. The molecule has 0 saturated carbocycles. The Morgan fingerprint density at radius 1 is 0.548 bits per heavy atom. The van der Waals surface area contributed by atoms with Gasteiger partial charge in [0.05, 0.1) is 39.9 Å². The van der Waals surface area contributed by atoms with Crippen molar-refractivity contribution >= 4 is 13.7 Å². The molecule has 9 heteroatoms. The number of amides is 1. The lowest BCUT2D eigenvalue weighted by Crippen LogP contribution is -2.45. The first-order chi connectivity index (χ1) is 30.0. The quantitative estimate of drug-likeness (QED) is 0.0243. The van der Waals surface area contributed by atoms with Gasteiger partial charge in [-0.3, -0.25) is 13.8 Å². The van der Waals surface area contributed by atoms with Crippen LogP contribution in [0.1, 0.15) is 219 Å². The molecular weight excluding hydrogens is 792 g/mol. The van der Waals surface area contributed by atoms with Crippen molar-refractivity contribution in [3.8, 4) is 0 Å². The number of aliphatic hydroxyl groups is 1. The molecular formula is C53H100N2O6P+. The second kappa shape index (κ2) is 44.4. The van der Waals surface area contributed by atoms with Crippen molar-refractivity contribution in [2.24, 2.45) is 0 Å². The molecule has 1 amide bonds. The molecule has 0 aromatic rings. The van der Waals surface area contributed by atoms with Crippen LogP contribution < -0.4 is 5.32 Å². The fraction of sp³-hybridized carbons (Fsp3) is 0.792. The minimum atomic E-state index is -4.35. The zero-order valence-electron chi connectivity index (χ0n) is 41.1. The number of likely N-dealkylation sites (N-methyl/N-ethyl adjacent to an activating group) is 1. The summed E-state index contributed by atoms with van der Waals surface area (Å²) in [5, 5.41) is 13.8. The van der Waals surface area contributed by atoms with Crippen molar-refractivity contribution in [2.45, 2.75) is 231 Å². The summed E-state index contributed by atoms with van der Waals surface area (Å²) in [6, 6.07) is -0.865. The van der Waals surface area contributed by atoms with Gasteiger partial charge in [-0.2, -0.15) is 0 Å². The average Bonchev–Trinajstić information content (AvgIpc) is 3.23. The molecule has 0 rings (SSSR count). The standard InChI is InChI=1S/C53H99N2O6P/c1-6-8-10-12-14-16-18-20-21-22-23-24-25-26-27-28-29-30-31-32-33-35-37-39-41-43-45-47-53(57)54-51(50-61-62(58,59)60-49-48-55(3,4)5)52(56)46-44-42-40-38-36-34-19-17-15-13-11-9-7-2/h18,20,22-23,25-26,36,38,44,46,51-52,56H,6-17,19,21,24,27-35,37,39-43,45,47-50H2,1-5H3,(H-,54,57,58,59)/p+1/b20-18-,23-22-,26-25-,38-36+,46-44+. The van der Waals surface area contributed by atoms with E-state index in [1.807, 2.05) is 27.2 Å². The van der Waals surface area contributed by atoms with Crippen molar-refractivity contribution in [2.75, 3.05) is 40.9 Å². The third-order valence-electron chi connectivity index (χ3n) is 11.2. The maximum atomic E-state index is 12.9. The molecule has 0 heterocycles. The summed E-state index contributed by atoms with van der Waals surface area (Å²) in [6.45, 7) is 4.77. The maximum Gasteiger partial charge on any atom is 0.472 e. The summed E-state index contributed by atoms with van der Waals surface area (Å²) in [4.78, 5) is 23.2. The SMILES string of the molecule is CCCCCCC/C=C\C/C=C\C/C=C\CCCCCCCCCCCCCCC(=O)NC(COP(=O)(O)OCC[N+](C)(C)C)C(O)/C=C/CC/C=C/CCCCCCCCC. The number of nitrogens with one attached hydrogen (secondary N) is 1. The monoisotopic (exact) mass is 892 g/mol. The van der Waals surface area contributed by atoms with Gasteiger partial charge in [0.2, 0.25) is 5.91 Å². The van der Waals surface area contributed by atoms with Crippen LogP contribution in [0.5, 0.6) is 0 Å². The number of rotatable bonds is 46. The molecule has 362 valence electrons. The molecule has 3 N–H and O–H groups in total. The number of phosphoric ester groups is 1. The third kappa shape index (κ3) is 46.2. The second-order valence-corrected chi connectivity index (χ2v) is 20.0. The van der Waals surface area contributed by atoms with Crippen molar-refractivity contribution in [1.29, 1.82) is 0 Å². The summed E-state index contributed by atoms with van der Waals surface area (Å²) in [5.41, 5.74) is 0. The van der Waals surface area contributed by atoms with Gasteiger partial charge in [0, 0.05) is 6.42 Å². The molecule has 0 aliphatic carbocycles. The molecule has 0 aromatic heterocycles. The van der Waals surface area contributed by atoms with Crippen LogP contribution >= 0.6 is 7.82 Å². The van der Waals surface area contributed by atoms with Crippen molar-refractivity contribution < 1.29 is 32.9 Å². The van der Waals surface area contributed by atoms with E-state index in [-0.39, 0.29) is 19.1 Å². The number of allylic oxidation sites excluding steroid dienone is 9. The summed E-state index contributed by atoms with van der Waals surface area (Å²) < 4.78 is 23.6. The average molecular weight is 892 g/mol. The third-order valence-corrected chi connectivity index (χ3v) is 12.2. The van der Waals surface area contributed by atoms with E-state index in [9.17, 15) is 19.4 Å². The number of phosphoric acid groups is 1. The van der Waals surface area contributed by atoms with Crippen LogP contribution in [0.4, 0.5) is 0 Å². The van der Waals surface area contributed by atoms with Gasteiger partial charge >= 0.3 is 7.82 Å². The fourth-order valence-electron chi connectivity index (χ4n) is 7.12.